The number of rotatable bonds is 6. The second-order valence-corrected chi connectivity index (χ2v) is 7.15. The number of ether oxygens (including phenoxy) is 1. The van der Waals surface area contributed by atoms with Gasteiger partial charge in [0.2, 0.25) is 5.65 Å². The Hall–Kier alpha value is -4.05. The number of benzene rings is 2. The largest absolute Gasteiger partial charge is 0.504 e. The molecule has 0 saturated carbocycles. The Labute approximate surface area is 180 Å². The predicted octanol–water partition coefficient (Wildman–Crippen LogP) is 4.20. The van der Waals surface area contributed by atoms with Gasteiger partial charge in [0.15, 0.2) is 11.5 Å². The molecule has 0 spiro atoms. The summed E-state index contributed by atoms with van der Waals surface area (Å²) in [4.78, 5) is 3.37. The first-order valence-electron chi connectivity index (χ1n) is 10.2. The summed E-state index contributed by atoms with van der Waals surface area (Å²) in [6.07, 6.45) is 2.42. The van der Waals surface area contributed by atoms with E-state index in [2.05, 4.69) is 28.5 Å². The number of H-pyrrole nitrogens is 1. The normalized spacial score (nSPS) is 11.3. The highest BCUT2D eigenvalue weighted by atomic mass is 16.5. The number of nitrogens with one attached hydrogen (secondary N) is 2. The number of hydrazone groups is 1. The van der Waals surface area contributed by atoms with Crippen molar-refractivity contribution in [3.05, 3.63) is 64.7 Å². The van der Waals surface area contributed by atoms with Crippen LogP contribution in [0.15, 0.2) is 47.6 Å². The van der Waals surface area contributed by atoms with E-state index in [1.165, 1.54) is 0 Å². The number of pyridine rings is 1. The lowest BCUT2D eigenvalue weighted by Gasteiger charge is -2.10. The van der Waals surface area contributed by atoms with Crippen molar-refractivity contribution in [2.45, 2.75) is 27.2 Å². The topological polar surface area (TPSA) is 97.5 Å². The molecule has 0 radical (unpaired) electrons. The standard InChI is InChI=1S/C24H23N5O2/c1-4-17-15(3)18(13-25)23-27-19-8-6-7-9-20(19)29(23)24(17)28-26-14-16-10-11-21(30)22(12-16)31-5-2/h6-12,14H,4-5H2,1-3H3,(H2,26,27,28,30)/p+1. The van der Waals surface area contributed by atoms with Crippen LogP contribution in [0, 0.1) is 18.3 Å². The maximum atomic E-state index is 9.89. The van der Waals surface area contributed by atoms with Crippen LogP contribution < -0.4 is 14.6 Å². The van der Waals surface area contributed by atoms with Gasteiger partial charge in [-0.05, 0) is 61.7 Å². The number of phenols is 1. The molecule has 0 atom stereocenters. The molecule has 4 aromatic rings. The lowest BCUT2D eigenvalue weighted by molar-refractivity contribution is -0.465. The second kappa shape index (κ2) is 8.36. The summed E-state index contributed by atoms with van der Waals surface area (Å²) in [5.41, 5.74) is 9.20. The van der Waals surface area contributed by atoms with Crippen molar-refractivity contribution in [2.24, 2.45) is 5.10 Å². The van der Waals surface area contributed by atoms with Gasteiger partial charge >= 0.3 is 0 Å². The van der Waals surface area contributed by atoms with Crippen molar-refractivity contribution < 1.29 is 14.2 Å². The molecule has 0 amide bonds. The SMILES string of the molecule is CCOc1cc(/C=N/Nc2c(CC)c(C)c(C#N)c3[nH]c4ccccc4[n+]23)ccc1O. The fraction of sp³-hybridized carbons (Fsp3) is 0.208. The number of anilines is 1. The number of fused-ring (bicyclic) bond motifs is 3. The highest BCUT2D eigenvalue weighted by Gasteiger charge is 2.24. The summed E-state index contributed by atoms with van der Waals surface area (Å²) in [7, 11) is 0. The molecule has 156 valence electrons. The number of hydrogen-bond acceptors (Lipinski definition) is 5. The van der Waals surface area contributed by atoms with Gasteiger partial charge in [-0.3, -0.25) is 4.98 Å². The molecule has 2 heterocycles. The van der Waals surface area contributed by atoms with Gasteiger partial charge in [0, 0.05) is 5.56 Å². The van der Waals surface area contributed by atoms with Crippen LogP contribution in [0.25, 0.3) is 16.7 Å². The summed E-state index contributed by atoms with van der Waals surface area (Å²) in [6, 6.07) is 15.4. The number of aromatic amines is 1. The fourth-order valence-electron chi connectivity index (χ4n) is 3.86. The minimum absolute atomic E-state index is 0.0963. The van der Waals surface area contributed by atoms with Crippen LogP contribution in [0.2, 0.25) is 0 Å². The Balaban J connectivity index is 1.83. The van der Waals surface area contributed by atoms with Crippen molar-refractivity contribution in [1.29, 1.82) is 5.26 Å². The second-order valence-electron chi connectivity index (χ2n) is 7.15. The molecule has 0 fully saturated rings. The number of para-hydroxylation sites is 2. The zero-order valence-corrected chi connectivity index (χ0v) is 17.7. The third kappa shape index (κ3) is 3.53. The Morgan fingerprint density at radius 2 is 2.06 bits per heavy atom. The zero-order valence-electron chi connectivity index (χ0n) is 17.7. The molecule has 4 rings (SSSR count). The van der Waals surface area contributed by atoms with Crippen LogP contribution in [-0.4, -0.2) is 22.9 Å². The van der Waals surface area contributed by atoms with Gasteiger partial charge < -0.3 is 9.84 Å². The highest BCUT2D eigenvalue weighted by molar-refractivity contribution is 5.82. The molecule has 0 aliphatic rings. The Bertz CT molecular complexity index is 1350. The molecule has 2 aromatic carbocycles. The van der Waals surface area contributed by atoms with Crippen LogP contribution in [0.1, 0.15) is 36.1 Å². The third-order valence-corrected chi connectivity index (χ3v) is 5.33. The van der Waals surface area contributed by atoms with Crippen molar-refractivity contribution >= 4 is 28.7 Å². The molecule has 3 N–H and O–H groups in total. The molecular formula is C24H24N5O2+. The summed E-state index contributed by atoms with van der Waals surface area (Å²) in [5.74, 6) is 1.33. The molecule has 0 saturated heterocycles. The van der Waals surface area contributed by atoms with Crippen LogP contribution in [-0.2, 0) is 6.42 Å². The lowest BCUT2D eigenvalue weighted by atomic mass is 10.0. The van der Waals surface area contributed by atoms with E-state index >= 15 is 0 Å². The van der Waals surface area contributed by atoms with Crippen LogP contribution in [0.4, 0.5) is 5.82 Å². The summed E-state index contributed by atoms with van der Waals surface area (Å²) in [5, 5.41) is 24.2. The maximum Gasteiger partial charge on any atom is 0.253 e. The number of aromatic nitrogens is 2. The number of imidazole rings is 1. The van der Waals surface area contributed by atoms with E-state index in [-0.39, 0.29) is 5.75 Å². The van der Waals surface area contributed by atoms with E-state index < -0.39 is 0 Å². The average Bonchev–Trinajstić information content (AvgIpc) is 3.15. The lowest BCUT2D eigenvalue weighted by Crippen LogP contribution is -2.28. The van der Waals surface area contributed by atoms with Gasteiger partial charge in [-0.1, -0.05) is 19.1 Å². The van der Waals surface area contributed by atoms with Crippen molar-refractivity contribution in [3.8, 4) is 17.6 Å². The van der Waals surface area contributed by atoms with Crippen molar-refractivity contribution in [1.82, 2.24) is 4.98 Å². The Morgan fingerprint density at radius 1 is 1.26 bits per heavy atom. The third-order valence-electron chi connectivity index (χ3n) is 5.33. The van der Waals surface area contributed by atoms with Crippen LogP contribution in [0.5, 0.6) is 11.5 Å². The van der Waals surface area contributed by atoms with Gasteiger partial charge in [0.05, 0.1) is 12.8 Å². The zero-order chi connectivity index (χ0) is 22.0. The highest BCUT2D eigenvalue weighted by Crippen LogP contribution is 2.27. The molecule has 0 aliphatic heterocycles. The average molecular weight is 414 g/mol. The summed E-state index contributed by atoms with van der Waals surface area (Å²) < 4.78 is 7.46. The molecule has 7 heteroatoms. The predicted molar refractivity (Wildman–Crippen MR) is 121 cm³/mol. The number of nitriles is 1. The van der Waals surface area contributed by atoms with Gasteiger partial charge in [-0.2, -0.15) is 15.1 Å². The first-order valence-corrected chi connectivity index (χ1v) is 10.2. The van der Waals surface area contributed by atoms with Crippen molar-refractivity contribution in [2.75, 3.05) is 12.0 Å². The number of hydrogen-bond donors (Lipinski definition) is 3. The van der Waals surface area contributed by atoms with Gasteiger partial charge in [0.1, 0.15) is 22.7 Å². The van der Waals surface area contributed by atoms with E-state index in [0.717, 1.165) is 45.6 Å². The molecule has 2 aromatic heterocycles. The smallest absolute Gasteiger partial charge is 0.253 e. The van der Waals surface area contributed by atoms with Gasteiger partial charge in [-0.25, -0.2) is 0 Å². The Morgan fingerprint density at radius 3 is 2.81 bits per heavy atom. The Kier molecular flexibility index (Phi) is 5.46. The van der Waals surface area contributed by atoms with E-state index in [9.17, 15) is 10.4 Å². The minimum Gasteiger partial charge on any atom is -0.504 e. The minimum atomic E-state index is 0.0963. The molecule has 0 unspecified atom stereocenters. The molecule has 0 aliphatic carbocycles. The molecule has 0 bridgehead atoms. The number of phenolic OH excluding ortho intramolecular Hbond substituents is 1. The summed E-state index contributed by atoms with van der Waals surface area (Å²) >= 11 is 0. The van der Waals surface area contributed by atoms with Gasteiger partial charge in [0.25, 0.3) is 5.82 Å². The molecule has 31 heavy (non-hydrogen) atoms. The fourth-order valence-corrected chi connectivity index (χ4v) is 3.86. The van der Waals surface area contributed by atoms with Crippen LogP contribution >= 0.6 is 0 Å². The van der Waals surface area contributed by atoms with E-state index in [1.54, 1.807) is 24.4 Å². The number of aromatic hydroxyl groups is 1. The maximum absolute atomic E-state index is 9.89. The first kappa shape index (κ1) is 20.2. The number of nitrogens with zero attached hydrogens (tertiary/aromatic N) is 3. The van der Waals surface area contributed by atoms with Crippen LogP contribution in [0.3, 0.4) is 0 Å². The first-order chi connectivity index (χ1) is 15.1. The quantitative estimate of drug-likeness (QED) is 0.250. The van der Waals surface area contributed by atoms with Gasteiger partial charge in [-0.15, -0.1) is 5.10 Å². The van der Waals surface area contributed by atoms with E-state index in [4.69, 9.17) is 4.74 Å². The molecule has 7 nitrogen and oxygen atoms in total. The van der Waals surface area contributed by atoms with Crippen molar-refractivity contribution in [3.63, 3.8) is 0 Å². The van der Waals surface area contributed by atoms with E-state index in [0.29, 0.717) is 17.9 Å². The monoisotopic (exact) mass is 414 g/mol. The molecular weight excluding hydrogens is 390 g/mol. The van der Waals surface area contributed by atoms with E-state index in [1.807, 2.05) is 42.5 Å². The summed E-state index contributed by atoms with van der Waals surface area (Å²) in [6.45, 7) is 6.36.